The molecule has 1 aromatic carbocycles. The number of nitrogens with zero attached hydrogens (tertiary/aromatic N) is 1. The molecule has 0 aliphatic carbocycles. The lowest BCUT2D eigenvalue weighted by atomic mass is 10.3. The molecule has 88 valence electrons. The van der Waals surface area contributed by atoms with Gasteiger partial charge in [0.15, 0.2) is 0 Å². The molecule has 1 rings (SSSR count). The molecule has 1 amide bonds. The number of ether oxygens (including phenoxy) is 1. The lowest BCUT2D eigenvalue weighted by Crippen LogP contribution is -2.30. The molecule has 0 atom stereocenters. The number of carbonyl (C=O) groups excluding carboxylic acids is 1. The maximum absolute atomic E-state index is 11.7. The van der Waals surface area contributed by atoms with E-state index in [2.05, 4.69) is 6.92 Å². The van der Waals surface area contributed by atoms with Crippen molar-refractivity contribution < 1.29 is 9.53 Å². The zero-order chi connectivity index (χ0) is 11.8. The van der Waals surface area contributed by atoms with Gasteiger partial charge < -0.3 is 9.64 Å². The van der Waals surface area contributed by atoms with Crippen LogP contribution in [-0.4, -0.2) is 26.2 Å². The van der Waals surface area contributed by atoms with Gasteiger partial charge in [0.1, 0.15) is 6.61 Å². The summed E-state index contributed by atoms with van der Waals surface area (Å²) in [6.45, 7) is 2.91. The minimum absolute atomic E-state index is 0.0118. The number of anilines is 1. The molecule has 0 heterocycles. The Kier molecular flexibility index (Phi) is 5.57. The summed E-state index contributed by atoms with van der Waals surface area (Å²) in [4.78, 5) is 13.3. The SMILES string of the molecule is CCCCOCC(=O)N(C)c1ccccc1. The number of benzene rings is 1. The molecule has 3 nitrogen and oxygen atoms in total. The molecule has 0 saturated carbocycles. The fourth-order valence-corrected chi connectivity index (χ4v) is 1.30. The van der Waals surface area contributed by atoms with Gasteiger partial charge in [-0.3, -0.25) is 4.79 Å². The van der Waals surface area contributed by atoms with E-state index in [0.717, 1.165) is 18.5 Å². The number of likely N-dealkylation sites (N-methyl/N-ethyl adjacent to an activating group) is 1. The fraction of sp³-hybridized carbons (Fsp3) is 0.462. The molecular formula is C13H19NO2. The van der Waals surface area contributed by atoms with Crippen molar-refractivity contribution >= 4 is 11.6 Å². The zero-order valence-corrected chi connectivity index (χ0v) is 9.98. The van der Waals surface area contributed by atoms with E-state index in [9.17, 15) is 4.79 Å². The Morgan fingerprint density at radius 2 is 2.00 bits per heavy atom. The van der Waals surface area contributed by atoms with Gasteiger partial charge in [-0.05, 0) is 18.6 Å². The van der Waals surface area contributed by atoms with Crippen molar-refractivity contribution in [2.45, 2.75) is 19.8 Å². The lowest BCUT2D eigenvalue weighted by molar-refractivity contribution is -0.122. The highest BCUT2D eigenvalue weighted by atomic mass is 16.5. The molecule has 0 aliphatic rings. The van der Waals surface area contributed by atoms with E-state index in [-0.39, 0.29) is 12.5 Å². The Hall–Kier alpha value is -1.35. The van der Waals surface area contributed by atoms with Gasteiger partial charge in [0.05, 0.1) is 0 Å². The molecule has 0 N–H and O–H groups in total. The average Bonchev–Trinajstić information content (AvgIpc) is 2.34. The second kappa shape index (κ2) is 7.01. The van der Waals surface area contributed by atoms with Crippen molar-refractivity contribution in [1.29, 1.82) is 0 Å². The molecule has 3 heteroatoms. The fourth-order valence-electron chi connectivity index (χ4n) is 1.30. The van der Waals surface area contributed by atoms with Gasteiger partial charge in [0.25, 0.3) is 5.91 Å². The van der Waals surface area contributed by atoms with E-state index < -0.39 is 0 Å². The summed E-state index contributed by atoms with van der Waals surface area (Å²) in [5.41, 5.74) is 0.895. The number of para-hydroxylation sites is 1. The van der Waals surface area contributed by atoms with Crippen LogP contribution in [-0.2, 0) is 9.53 Å². The van der Waals surface area contributed by atoms with Crippen molar-refractivity contribution in [3.05, 3.63) is 30.3 Å². The van der Waals surface area contributed by atoms with Crippen molar-refractivity contribution in [2.75, 3.05) is 25.2 Å². The smallest absolute Gasteiger partial charge is 0.252 e. The molecule has 0 saturated heterocycles. The first-order valence-corrected chi connectivity index (χ1v) is 5.65. The van der Waals surface area contributed by atoms with Crippen molar-refractivity contribution in [3.63, 3.8) is 0 Å². The van der Waals surface area contributed by atoms with Crippen LogP contribution in [0.4, 0.5) is 5.69 Å². The van der Waals surface area contributed by atoms with Gasteiger partial charge in [-0.15, -0.1) is 0 Å². The summed E-state index contributed by atoms with van der Waals surface area (Å²) in [6.07, 6.45) is 2.09. The van der Waals surface area contributed by atoms with Crippen LogP contribution < -0.4 is 4.90 Å². The minimum atomic E-state index is -0.0118. The quantitative estimate of drug-likeness (QED) is 0.691. The molecule has 0 bridgehead atoms. The molecular weight excluding hydrogens is 202 g/mol. The van der Waals surface area contributed by atoms with E-state index in [4.69, 9.17) is 4.74 Å². The van der Waals surface area contributed by atoms with Gasteiger partial charge in [-0.2, -0.15) is 0 Å². The largest absolute Gasteiger partial charge is 0.372 e. The van der Waals surface area contributed by atoms with Gasteiger partial charge in [0.2, 0.25) is 0 Å². The third kappa shape index (κ3) is 4.03. The van der Waals surface area contributed by atoms with E-state index in [1.54, 1.807) is 11.9 Å². The Morgan fingerprint density at radius 3 is 2.62 bits per heavy atom. The van der Waals surface area contributed by atoms with Crippen LogP contribution in [0.25, 0.3) is 0 Å². The molecule has 0 aliphatic heterocycles. The lowest BCUT2D eigenvalue weighted by Gasteiger charge is -2.17. The van der Waals surface area contributed by atoms with E-state index in [1.807, 2.05) is 30.3 Å². The number of amides is 1. The summed E-state index contributed by atoms with van der Waals surface area (Å²) in [7, 11) is 1.76. The van der Waals surface area contributed by atoms with Crippen LogP contribution in [0.2, 0.25) is 0 Å². The molecule has 1 aromatic rings. The van der Waals surface area contributed by atoms with Gasteiger partial charge in [-0.1, -0.05) is 31.5 Å². The predicted octanol–water partition coefficient (Wildman–Crippen LogP) is 2.47. The average molecular weight is 221 g/mol. The predicted molar refractivity (Wildman–Crippen MR) is 65.6 cm³/mol. The number of hydrogen-bond donors (Lipinski definition) is 0. The first-order valence-electron chi connectivity index (χ1n) is 5.65. The van der Waals surface area contributed by atoms with Crippen LogP contribution in [0, 0.1) is 0 Å². The van der Waals surface area contributed by atoms with Gasteiger partial charge >= 0.3 is 0 Å². The topological polar surface area (TPSA) is 29.5 Å². The Bertz CT molecular complexity index is 311. The van der Waals surface area contributed by atoms with Crippen LogP contribution in [0.3, 0.4) is 0 Å². The Labute approximate surface area is 97.0 Å². The van der Waals surface area contributed by atoms with Gasteiger partial charge in [-0.25, -0.2) is 0 Å². The number of hydrogen-bond acceptors (Lipinski definition) is 2. The molecule has 0 radical (unpaired) electrons. The minimum Gasteiger partial charge on any atom is -0.372 e. The molecule has 0 unspecified atom stereocenters. The van der Waals surface area contributed by atoms with Crippen molar-refractivity contribution in [2.24, 2.45) is 0 Å². The second-order valence-corrected chi connectivity index (χ2v) is 3.69. The third-order valence-electron chi connectivity index (χ3n) is 2.39. The van der Waals surface area contributed by atoms with E-state index in [0.29, 0.717) is 6.61 Å². The van der Waals surface area contributed by atoms with Crippen LogP contribution in [0.5, 0.6) is 0 Å². The monoisotopic (exact) mass is 221 g/mol. The summed E-state index contributed by atoms with van der Waals surface area (Å²) < 4.78 is 5.29. The Morgan fingerprint density at radius 1 is 1.31 bits per heavy atom. The molecule has 16 heavy (non-hydrogen) atoms. The normalized spacial score (nSPS) is 10.1. The van der Waals surface area contributed by atoms with Crippen LogP contribution >= 0.6 is 0 Å². The molecule has 0 spiro atoms. The van der Waals surface area contributed by atoms with Crippen molar-refractivity contribution in [3.8, 4) is 0 Å². The van der Waals surface area contributed by atoms with E-state index in [1.165, 1.54) is 0 Å². The Balaban J connectivity index is 2.37. The standard InChI is InChI=1S/C13H19NO2/c1-3-4-10-16-11-13(15)14(2)12-8-6-5-7-9-12/h5-9H,3-4,10-11H2,1-2H3. The summed E-state index contributed by atoms with van der Waals surface area (Å²) in [5.74, 6) is -0.0118. The first kappa shape index (κ1) is 12.7. The molecule has 0 fully saturated rings. The van der Waals surface area contributed by atoms with Crippen molar-refractivity contribution in [1.82, 2.24) is 0 Å². The second-order valence-electron chi connectivity index (χ2n) is 3.69. The maximum atomic E-state index is 11.7. The van der Waals surface area contributed by atoms with Crippen LogP contribution in [0.1, 0.15) is 19.8 Å². The van der Waals surface area contributed by atoms with Crippen LogP contribution in [0.15, 0.2) is 30.3 Å². The van der Waals surface area contributed by atoms with E-state index >= 15 is 0 Å². The summed E-state index contributed by atoms with van der Waals surface area (Å²) >= 11 is 0. The highest BCUT2D eigenvalue weighted by Gasteiger charge is 2.09. The van der Waals surface area contributed by atoms with Gasteiger partial charge in [0, 0.05) is 19.3 Å². The first-order chi connectivity index (χ1) is 7.75. The summed E-state index contributed by atoms with van der Waals surface area (Å²) in [6, 6.07) is 9.57. The third-order valence-corrected chi connectivity index (χ3v) is 2.39. The highest BCUT2D eigenvalue weighted by Crippen LogP contribution is 2.10. The number of carbonyl (C=O) groups is 1. The molecule has 0 aromatic heterocycles. The number of rotatable bonds is 6. The number of unbranched alkanes of at least 4 members (excludes halogenated alkanes) is 1. The zero-order valence-electron chi connectivity index (χ0n) is 9.98. The highest BCUT2D eigenvalue weighted by molar-refractivity contribution is 5.93. The summed E-state index contributed by atoms with van der Waals surface area (Å²) in [5, 5.41) is 0. The maximum Gasteiger partial charge on any atom is 0.252 e.